The van der Waals surface area contributed by atoms with E-state index in [0.29, 0.717) is 18.7 Å². The highest BCUT2D eigenvalue weighted by Crippen LogP contribution is 2.13. The predicted molar refractivity (Wildman–Crippen MR) is 106 cm³/mol. The number of nitrogens with one attached hydrogen (secondary N) is 1. The number of benzene rings is 3. The topological polar surface area (TPSA) is 64.9 Å². The number of phenolic OH excluding ortho intramolecular Hbond substituents is 1. The largest absolute Gasteiger partial charge is 0.507 e. The van der Waals surface area contributed by atoms with E-state index in [1.807, 2.05) is 60.7 Å². The third kappa shape index (κ3) is 5.44. The minimum Gasteiger partial charge on any atom is -0.507 e. The molecule has 3 aromatic carbocycles. The Morgan fingerprint density at radius 2 is 1.37 bits per heavy atom. The highest BCUT2D eigenvalue weighted by Gasteiger charge is 2.14. The average Bonchev–Trinajstić information content (AvgIpc) is 2.70. The molecule has 0 unspecified atom stereocenters. The van der Waals surface area contributed by atoms with Crippen molar-refractivity contribution in [1.29, 1.82) is 0 Å². The van der Waals surface area contributed by atoms with Crippen LogP contribution in [0.3, 0.4) is 0 Å². The van der Waals surface area contributed by atoms with Crippen LogP contribution in [0.25, 0.3) is 0 Å². The molecule has 0 spiro atoms. The maximum absolute atomic E-state index is 12.7. The number of hydrogen-bond acceptors (Lipinski definition) is 3. The van der Waals surface area contributed by atoms with Gasteiger partial charge in [-0.1, -0.05) is 72.8 Å². The molecule has 0 fully saturated rings. The number of carbonyl (C=O) groups excluding carboxylic acids is 1. The lowest BCUT2D eigenvalue weighted by atomic mass is 10.2. The number of para-hydroxylation sites is 1. The third-order valence-electron chi connectivity index (χ3n) is 4.02. The highest BCUT2D eigenvalue weighted by molar-refractivity contribution is 5.84. The van der Waals surface area contributed by atoms with E-state index in [2.05, 4.69) is 10.5 Å². The number of amides is 2. The van der Waals surface area contributed by atoms with Gasteiger partial charge in [0.25, 0.3) is 0 Å². The number of phenols is 1. The quantitative estimate of drug-likeness (QED) is 0.513. The molecule has 0 aliphatic heterocycles. The number of rotatable bonds is 6. The van der Waals surface area contributed by atoms with E-state index in [-0.39, 0.29) is 11.8 Å². The molecule has 2 N–H and O–H groups in total. The number of aromatic hydroxyl groups is 1. The molecule has 3 rings (SSSR count). The Labute approximate surface area is 158 Å². The molecule has 0 aromatic heterocycles. The lowest BCUT2D eigenvalue weighted by Crippen LogP contribution is -2.36. The van der Waals surface area contributed by atoms with Crippen molar-refractivity contribution in [2.45, 2.75) is 13.1 Å². The number of hydrogen-bond donors (Lipinski definition) is 2. The summed E-state index contributed by atoms with van der Waals surface area (Å²) in [5.74, 6) is 0.112. The third-order valence-corrected chi connectivity index (χ3v) is 4.02. The second kappa shape index (κ2) is 9.20. The second-order valence-corrected chi connectivity index (χ2v) is 6.06. The van der Waals surface area contributed by atoms with Crippen LogP contribution < -0.4 is 5.43 Å². The predicted octanol–water partition coefficient (Wildman–Crippen LogP) is 4.14. The molecule has 3 aromatic rings. The molecule has 0 atom stereocenters. The van der Waals surface area contributed by atoms with E-state index in [4.69, 9.17) is 0 Å². The maximum atomic E-state index is 12.7. The molecule has 5 heteroatoms. The van der Waals surface area contributed by atoms with Crippen molar-refractivity contribution in [2.75, 3.05) is 0 Å². The van der Waals surface area contributed by atoms with E-state index in [1.165, 1.54) is 6.21 Å². The fourth-order valence-electron chi connectivity index (χ4n) is 2.63. The number of urea groups is 1. The van der Waals surface area contributed by atoms with Gasteiger partial charge in [0.15, 0.2) is 0 Å². The van der Waals surface area contributed by atoms with Gasteiger partial charge in [-0.15, -0.1) is 0 Å². The fraction of sp³-hybridized carbons (Fsp3) is 0.0909. The number of carbonyl (C=O) groups is 1. The van der Waals surface area contributed by atoms with Crippen molar-refractivity contribution in [3.8, 4) is 5.75 Å². The monoisotopic (exact) mass is 359 g/mol. The Morgan fingerprint density at radius 3 is 1.93 bits per heavy atom. The molecule has 0 heterocycles. The molecule has 0 aliphatic rings. The minimum atomic E-state index is -0.311. The first-order chi connectivity index (χ1) is 13.2. The van der Waals surface area contributed by atoms with Gasteiger partial charge in [-0.05, 0) is 23.3 Å². The van der Waals surface area contributed by atoms with Crippen LogP contribution in [0.5, 0.6) is 5.75 Å². The molecule has 0 saturated carbocycles. The van der Waals surface area contributed by atoms with E-state index < -0.39 is 0 Å². The summed E-state index contributed by atoms with van der Waals surface area (Å²) in [6.45, 7) is 0.932. The van der Waals surface area contributed by atoms with E-state index in [0.717, 1.165) is 11.1 Å². The molecule has 5 nitrogen and oxygen atoms in total. The molecular weight excluding hydrogens is 338 g/mol. The summed E-state index contributed by atoms with van der Waals surface area (Å²) in [7, 11) is 0. The number of hydrazone groups is 1. The summed E-state index contributed by atoms with van der Waals surface area (Å²) in [5.41, 5.74) is 5.15. The van der Waals surface area contributed by atoms with Crippen LogP contribution in [0, 0.1) is 0 Å². The fourth-order valence-corrected chi connectivity index (χ4v) is 2.63. The van der Waals surface area contributed by atoms with Crippen LogP contribution in [-0.2, 0) is 13.1 Å². The summed E-state index contributed by atoms with van der Waals surface area (Å²) >= 11 is 0. The zero-order valence-electron chi connectivity index (χ0n) is 14.8. The highest BCUT2D eigenvalue weighted by atomic mass is 16.3. The number of nitrogens with zero attached hydrogens (tertiary/aromatic N) is 2. The van der Waals surface area contributed by atoms with Gasteiger partial charge in [-0.25, -0.2) is 10.2 Å². The Bertz CT molecular complexity index is 854. The zero-order valence-corrected chi connectivity index (χ0v) is 14.8. The minimum absolute atomic E-state index is 0.112. The lowest BCUT2D eigenvalue weighted by molar-refractivity contribution is 0.193. The summed E-state index contributed by atoms with van der Waals surface area (Å²) in [4.78, 5) is 14.4. The van der Waals surface area contributed by atoms with Crippen LogP contribution in [0.2, 0.25) is 0 Å². The Balaban J connectivity index is 1.70. The van der Waals surface area contributed by atoms with Crippen LogP contribution in [0.15, 0.2) is 90.0 Å². The van der Waals surface area contributed by atoms with Crippen LogP contribution in [0.1, 0.15) is 16.7 Å². The smallest absolute Gasteiger partial charge is 0.338 e. The molecular formula is C22H21N3O2. The molecule has 2 amide bonds. The Morgan fingerprint density at radius 1 is 0.852 bits per heavy atom. The molecule has 136 valence electrons. The van der Waals surface area contributed by atoms with Gasteiger partial charge in [0.05, 0.1) is 6.21 Å². The van der Waals surface area contributed by atoms with Crippen molar-refractivity contribution >= 4 is 12.2 Å². The molecule has 0 bridgehead atoms. The first kappa shape index (κ1) is 18.2. The SMILES string of the molecule is O=C(N/N=C/c1ccccc1O)N(Cc1ccccc1)Cc1ccccc1. The zero-order chi connectivity index (χ0) is 18.9. The van der Waals surface area contributed by atoms with Gasteiger partial charge in [0.1, 0.15) is 5.75 Å². The van der Waals surface area contributed by atoms with Crippen molar-refractivity contribution in [1.82, 2.24) is 10.3 Å². The molecule has 27 heavy (non-hydrogen) atoms. The Kier molecular flexibility index (Phi) is 6.20. The van der Waals surface area contributed by atoms with Crippen molar-refractivity contribution in [3.05, 3.63) is 102 Å². The van der Waals surface area contributed by atoms with Gasteiger partial charge in [-0.3, -0.25) is 0 Å². The molecule has 0 aliphatic carbocycles. The van der Waals surface area contributed by atoms with Crippen LogP contribution >= 0.6 is 0 Å². The van der Waals surface area contributed by atoms with Crippen molar-refractivity contribution in [2.24, 2.45) is 5.10 Å². The molecule has 0 saturated heterocycles. The summed E-state index contributed by atoms with van der Waals surface area (Å²) in [6.07, 6.45) is 1.43. The first-order valence-corrected chi connectivity index (χ1v) is 8.66. The van der Waals surface area contributed by atoms with E-state index >= 15 is 0 Å². The first-order valence-electron chi connectivity index (χ1n) is 8.66. The van der Waals surface area contributed by atoms with Gasteiger partial charge >= 0.3 is 6.03 Å². The second-order valence-electron chi connectivity index (χ2n) is 6.06. The van der Waals surface area contributed by atoms with E-state index in [1.54, 1.807) is 29.2 Å². The summed E-state index contributed by atoms with van der Waals surface area (Å²) in [6, 6.07) is 26.1. The van der Waals surface area contributed by atoms with E-state index in [9.17, 15) is 9.90 Å². The average molecular weight is 359 g/mol. The normalized spacial score (nSPS) is 10.7. The Hall–Kier alpha value is -3.60. The van der Waals surface area contributed by atoms with Gasteiger partial charge in [0, 0.05) is 18.7 Å². The summed E-state index contributed by atoms with van der Waals surface area (Å²) < 4.78 is 0. The van der Waals surface area contributed by atoms with Crippen LogP contribution in [0.4, 0.5) is 4.79 Å². The maximum Gasteiger partial charge on any atom is 0.338 e. The van der Waals surface area contributed by atoms with Gasteiger partial charge < -0.3 is 10.0 Å². The summed E-state index contributed by atoms with van der Waals surface area (Å²) in [5, 5.41) is 13.7. The van der Waals surface area contributed by atoms with Gasteiger partial charge in [-0.2, -0.15) is 5.10 Å². The van der Waals surface area contributed by atoms with Crippen LogP contribution in [-0.4, -0.2) is 22.3 Å². The lowest BCUT2D eigenvalue weighted by Gasteiger charge is -2.22. The van der Waals surface area contributed by atoms with Crippen molar-refractivity contribution < 1.29 is 9.90 Å². The standard InChI is InChI=1S/C22H21N3O2/c26-21-14-8-7-13-20(21)15-23-24-22(27)25(16-18-9-3-1-4-10-18)17-19-11-5-2-6-12-19/h1-15,26H,16-17H2,(H,24,27)/b23-15+. The van der Waals surface area contributed by atoms with Crippen molar-refractivity contribution in [3.63, 3.8) is 0 Å². The molecule has 0 radical (unpaired) electrons. The van der Waals surface area contributed by atoms with Gasteiger partial charge in [0.2, 0.25) is 0 Å².